The molecule has 2 N–H and O–H groups in total. The van der Waals surface area contributed by atoms with E-state index in [4.69, 9.17) is 14.6 Å². The summed E-state index contributed by atoms with van der Waals surface area (Å²) >= 11 is 3.17. The fraction of sp³-hybridized carbons (Fsp3) is 0.500. The van der Waals surface area contributed by atoms with Crippen LogP contribution >= 0.6 is 15.9 Å². The van der Waals surface area contributed by atoms with Crippen molar-refractivity contribution in [1.29, 1.82) is 0 Å². The largest absolute Gasteiger partial charge is 0.497 e. The molecule has 7 nitrogen and oxygen atoms in total. The predicted molar refractivity (Wildman–Crippen MR) is 94.0 cm³/mol. The fourth-order valence-corrected chi connectivity index (χ4v) is 2.67. The molecule has 0 aliphatic rings. The molecule has 0 atom stereocenters. The highest BCUT2D eigenvalue weighted by Crippen LogP contribution is 2.26. The number of nitrogens with one attached hydrogen (secondary N) is 1. The Morgan fingerprint density at radius 1 is 1.29 bits per heavy atom. The van der Waals surface area contributed by atoms with E-state index in [0.717, 1.165) is 5.56 Å². The number of carboxylic acid groups (broad SMARTS) is 1. The highest BCUT2D eigenvalue weighted by Gasteiger charge is 2.27. The topological polar surface area (TPSA) is 88.1 Å². The van der Waals surface area contributed by atoms with Crippen LogP contribution in [0.1, 0.15) is 19.4 Å². The Bertz CT molecular complexity index is 592. The van der Waals surface area contributed by atoms with Crippen molar-refractivity contribution in [3.63, 3.8) is 0 Å². The molecule has 0 heterocycles. The molecule has 1 aromatic rings. The minimum absolute atomic E-state index is 0.145. The molecule has 134 valence electrons. The summed E-state index contributed by atoms with van der Waals surface area (Å²) in [6.07, 6.45) is -1.13. The number of hydrogen-bond donors (Lipinski definition) is 2. The van der Waals surface area contributed by atoms with Gasteiger partial charge in [0.1, 0.15) is 11.5 Å². The van der Waals surface area contributed by atoms with Crippen LogP contribution in [0.2, 0.25) is 0 Å². The van der Waals surface area contributed by atoms with E-state index in [-0.39, 0.29) is 17.8 Å². The Kier molecular flexibility index (Phi) is 7.34. The molecule has 2 amide bonds. The number of methoxy groups -OCH3 is 2. The lowest BCUT2D eigenvalue weighted by Crippen LogP contribution is -2.52. The van der Waals surface area contributed by atoms with E-state index in [1.807, 2.05) is 6.07 Å². The van der Waals surface area contributed by atoms with Gasteiger partial charge in [0.2, 0.25) is 5.91 Å². The van der Waals surface area contributed by atoms with Crippen molar-refractivity contribution in [3.05, 3.63) is 23.8 Å². The lowest BCUT2D eigenvalue weighted by molar-refractivity contribution is -0.129. The average Bonchev–Trinajstić information content (AvgIpc) is 2.52. The smallest absolute Gasteiger partial charge is 0.405 e. The van der Waals surface area contributed by atoms with Crippen LogP contribution in [0.4, 0.5) is 4.79 Å². The first-order chi connectivity index (χ1) is 11.2. The van der Waals surface area contributed by atoms with E-state index in [1.165, 1.54) is 0 Å². The number of nitrogens with zero attached hydrogens (tertiary/aromatic N) is 1. The van der Waals surface area contributed by atoms with Gasteiger partial charge in [-0.05, 0) is 26.0 Å². The van der Waals surface area contributed by atoms with Gasteiger partial charge in [0.25, 0.3) is 0 Å². The Balaban J connectivity index is 3.02. The summed E-state index contributed by atoms with van der Waals surface area (Å²) < 4.78 is 10.5. The molecule has 0 bridgehead atoms. The van der Waals surface area contributed by atoms with Gasteiger partial charge in [0.05, 0.1) is 25.1 Å². The Morgan fingerprint density at radius 3 is 2.46 bits per heavy atom. The maximum Gasteiger partial charge on any atom is 0.405 e. The van der Waals surface area contributed by atoms with Crippen LogP contribution in [0.5, 0.6) is 11.5 Å². The molecule has 0 radical (unpaired) electrons. The zero-order valence-corrected chi connectivity index (χ0v) is 15.8. The van der Waals surface area contributed by atoms with E-state index in [2.05, 4.69) is 21.2 Å². The zero-order chi connectivity index (χ0) is 18.3. The Labute approximate surface area is 150 Å². The number of rotatable bonds is 8. The lowest BCUT2D eigenvalue weighted by atomic mass is 10.0. The van der Waals surface area contributed by atoms with E-state index in [9.17, 15) is 9.59 Å². The molecule has 0 aliphatic heterocycles. The van der Waals surface area contributed by atoms with Crippen LogP contribution in [0, 0.1) is 0 Å². The monoisotopic (exact) mass is 402 g/mol. The number of ether oxygens (including phenoxy) is 2. The first-order valence-corrected chi connectivity index (χ1v) is 8.40. The van der Waals surface area contributed by atoms with E-state index < -0.39 is 11.6 Å². The average molecular weight is 403 g/mol. The molecule has 24 heavy (non-hydrogen) atoms. The van der Waals surface area contributed by atoms with E-state index in [0.29, 0.717) is 18.0 Å². The van der Waals surface area contributed by atoms with Gasteiger partial charge < -0.3 is 24.8 Å². The van der Waals surface area contributed by atoms with Crippen LogP contribution in [0.25, 0.3) is 0 Å². The Hall–Kier alpha value is -1.96. The van der Waals surface area contributed by atoms with Crippen molar-refractivity contribution in [2.24, 2.45) is 0 Å². The van der Waals surface area contributed by atoms with Gasteiger partial charge in [0.15, 0.2) is 0 Å². The summed E-state index contributed by atoms with van der Waals surface area (Å²) in [5, 5.41) is 11.5. The second-order valence-electron chi connectivity index (χ2n) is 5.88. The number of alkyl halides is 1. The molecule has 1 rings (SSSR count). The van der Waals surface area contributed by atoms with E-state index >= 15 is 0 Å². The van der Waals surface area contributed by atoms with Gasteiger partial charge in [-0.15, -0.1) is 0 Å². The van der Waals surface area contributed by atoms with Crippen molar-refractivity contribution in [3.8, 4) is 11.5 Å². The van der Waals surface area contributed by atoms with Crippen LogP contribution in [-0.2, 0) is 11.3 Å². The van der Waals surface area contributed by atoms with Gasteiger partial charge in [-0.2, -0.15) is 0 Å². The fourth-order valence-electron chi connectivity index (χ4n) is 2.31. The van der Waals surface area contributed by atoms with Gasteiger partial charge in [-0.3, -0.25) is 4.79 Å². The molecule has 0 saturated heterocycles. The van der Waals surface area contributed by atoms with Gasteiger partial charge >= 0.3 is 6.09 Å². The van der Waals surface area contributed by atoms with E-state index in [1.54, 1.807) is 45.1 Å². The molecule has 0 aromatic heterocycles. The third-order valence-corrected chi connectivity index (χ3v) is 3.83. The van der Waals surface area contributed by atoms with Crippen LogP contribution in [0.15, 0.2) is 18.2 Å². The molecule has 1 aromatic carbocycles. The maximum absolute atomic E-state index is 12.2. The van der Waals surface area contributed by atoms with Crippen molar-refractivity contribution < 1.29 is 24.2 Å². The molecule has 0 spiro atoms. The van der Waals surface area contributed by atoms with Gasteiger partial charge in [0, 0.05) is 24.7 Å². The van der Waals surface area contributed by atoms with Crippen molar-refractivity contribution in [2.75, 3.05) is 26.1 Å². The number of carbonyl (C=O) groups excluding carboxylic acids is 1. The number of amides is 2. The third kappa shape index (κ3) is 5.92. The molecule has 0 unspecified atom stereocenters. The summed E-state index contributed by atoms with van der Waals surface area (Å²) in [7, 11) is 3.11. The quantitative estimate of drug-likeness (QED) is 0.652. The van der Waals surface area contributed by atoms with Crippen molar-refractivity contribution >= 4 is 27.9 Å². The van der Waals surface area contributed by atoms with Gasteiger partial charge in [-0.1, -0.05) is 15.9 Å². The highest BCUT2D eigenvalue weighted by atomic mass is 79.9. The summed E-state index contributed by atoms with van der Waals surface area (Å²) in [6.45, 7) is 3.96. The maximum atomic E-state index is 12.2. The first-order valence-electron chi connectivity index (χ1n) is 7.28. The lowest BCUT2D eigenvalue weighted by Gasteiger charge is -2.32. The van der Waals surface area contributed by atoms with Gasteiger partial charge in [-0.25, -0.2) is 4.79 Å². The van der Waals surface area contributed by atoms with Crippen molar-refractivity contribution in [2.45, 2.75) is 25.9 Å². The third-order valence-electron chi connectivity index (χ3n) is 3.35. The standard InChI is InChI=1S/C16H23BrN2O5/c1-16(2,18-15(21)22)10-19(14(20)8-17)9-11-5-6-12(23-3)7-13(11)24-4/h5-7,18H,8-10H2,1-4H3,(H,21,22). The molecule has 8 heteroatoms. The van der Waals surface area contributed by atoms with Crippen LogP contribution in [0.3, 0.4) is 0 Å². The SMILES string of the molecule is COc1ccc(CN(CC(C)(C)NC(=O)O)C(=O)CBr)c(OC)c1. The zero-order valence-electron chi connectivity index (χ0n) is 14.3. The Morgan fingerprint density at radius 2 is 1.96 bits per heavy atom. The summed E-state index contributed by atoms with van der Waals surface area (Å²) in [4.78, 5) is 24.7. The molecule has 0 fully saturated rings. The second kappa shape index (κ2) is 8.77. The highest BCUT2D eigenvalue weighted by molar-refractivity contribution is 9.09. The molecular formula is C16H23BrN2O5. The number of hydrogen-bond acceptors (Lipinski definition) is 4. The molecule has 0 saturated carbocycles. The number of carbonyl (C=O) groups is 2. The molecular weight excluding hydrogens is 380 g/mol. The van der Waals surface area contributed by atoms with Crippen molar-refractivity contribution in [1.82, 2.24) is 10.2 Å². The second-order valence-corrected chi connectivity index (χ2v) is 6.44. The van der Waals surface area contributed by atoms with Crippen LogP contribution in [-0.4, -0.2) is 53.6 Å². The summed E-state index contributed by atoms with van der Waals surface area (Å²) in [5.41, 5.74) is 0.0161. The summed E-state index contributed by atoms with van der Waals surface area (Å²) in [6, 6.07) is 5.35. The first kappa shape index (κ1) is 20.1. The molecule has 0 aliphatic carbocycles. The number of halogens is 1. The summed E-state index contributed by atoms with van der Waals surface area (Å²) in [5.74, 6) is 1.11. The predicted octanol–water partition coefficient (Wildman–Crippen LogP) is 2.47. The minimum Gasteiger partial charge on any atom is -0.497 e. The number of benzene rings is 1. The minimum atomic E-state index is -1.13. The van der Waals surface area contributed by atoms with Crippen LogP contribution < -0.4 is 14.8 Å². The normalized spacial score (nSPS) is 10.9.